The molecule has 1 N–H and O–H groups in total. The second-order valence-electron chi connectivity index (χ2n) is 5.20. The van der Waals surface area contributed by atoms with E-state index in [0.29, 0.717) is 25.5 Å². The van der Waals surface area contributed by atoms with Crippen LogP contribution in [0.3, 0.4) is 0 Å². The van der Waals surface area contributed by atoms with Crippen molar-refractivity contribution in [2.75, 3.05) is 19.8 Å². The summed E-state index contributed by atoms with van der Waals surface area (Å²) in [6, 6.07) is 5.28. The molecular formula is C15H18N4O2. The number of amides is 1. The van der Waals surface area contributed by atoms with E-state index in [2.05, 4.69) is 15.0 Å². The molecule has 0 aliphatic carbocycles. The average Bonchev–Trinajstić information content (AvgIpc) is 2.93. The molecule has 0 saturated carbocycles. The number of pyridine rings is 1. The molecule has 1 fully saturated rings. The monoisotopic (exact) mass is 286 g/mol. The fraction of sp³-hybridized carbons (Fsp3) is 0.400. The molecule has 2 aromatic rings. The van der Waals surface area contributed by atoms with Crippen LogP contribution in [0.2, 0.25) is 0 Å². The Bertz CT molecular complexity index is 653. The van der Waals surface area contributed by atoms with Crippen LogP contribution < -0.4 is 0 Å². The molecule has 6 heteroatoms. The Labute approximate surface area is 123 Å². The lowest BCUT2D eigenvalue weighted by Crippen LogP contribution is -2.44. The molecule has 110 valence electrons. The number of hydrogen-bond acceptors (Lipinski definition) is 4. The van der Waals surface area contributed by atoms with Crippen LogP contribution in [0.25, 0.3) is 0 Å². The Morgan fingerprint density at radius 1 is 1.43 bits per heavy atom. The fourth-order valence-electron chi connectivity index (χ4n) is 2.48. The van der Waals surface area contributed by atoms with Gasteiger partial charge in [0.1, 0.15) is 17.6 Å². The van der Waals surface area contributed by atoms with Gasteiger partial charge in [-0.05, 0) is 26.0 Å². The summed E-state index contributed by atoms with van der Waals surface area (Å²) in [6.45, 7) is 5.34. The molecule has 1 atom stereocenters. The van der Waals surface area contributed by atoms with Gasteiger partial charge in [-0.2, -0.15) is 0 Å². The number of carbonyl (C=O) groups excluding carboxylic acids is 1. The van der Waals surface area contributed by atoms with Gasteiger partial charge in [0.15, 0.2) is 0 Å². The second-order valence-corrected chi connectivity index (χ2v) is 5.20. The number of aromatic amines is 1. The maximum absolute atomic E-state index is 12.7. The number of morpholine rings is 1. The molecule has 0 unspecified atom stereocenters. The third kappa shape index (κ3) is 2.80. The minimum atomic E-state index is -0.192. The summed E-state index contributed by atoms with van der Waals surface area (Å²) >= 11 is 0. The maximum atomic E-state index is 12.7. The number of hydrogen-bond donors (Lipinski definition) is 1. The Hall–Kier alpha value is -2.21. The van der Waals surface area contributed by atoms with Gasteiger partial charge >= 0.3 is 0 Å². The van der Waals surface area contributed by atoms with Crippen LogP contribution in [-0.2, 0) is 4.74 Å². The lowest BCUT2D eigenvalue weighted by molar-refractivity contribution is -0.00532. The van der Waals surface area contributed by atoms with E-state index in [0.717, 1.165) is 17.2 Å². The van der Waals surface area contributed by atoms with Gasteiger partial charge in [0.2, 0.25) is 0 Å². The van der Waals surface area contributed by atoms with Gasteiger partial charge in [0.25, 0.3) is 5.91 Å². The van der Waals surface area contributed by atoms with Gasteiger partial charge in [-0.15, -0.1) is 0 Å². The summed E-state index contributed by atoms with van der Waals surface area (Å²) in [4.78, 5) is 26.3. The first kappa shape index (κ1) is 13.8. The molecule has 0 aromatic carbocycles. The largest absolute Gasteiger partial charge is 0.377 e. The molecule has 3 rings (SSSR count). The third-order valence-electron chi connectivity index (χ3n) is 3.53. The quantitative estimate of drug-likeness (QED) is 0.911. The van der Waals surface area contributed by atoms with Gasteiger partial charge in [-0.1, -0.05) is 6.07 Å². The van der Waals surface area contributed by atoms with Crippen molar-refractivity contribution in [3.05, 3.63) is 47.3 Å². The Balaban J connectivity index is 1.89. The average molecular weight is 286 g/mol. The van der Waals surface area contributed by atoms with Crippen molar-refractivity contribution in [2.45, 2.75) is 19.9 Å². The maximum Gasteiger partial charge on any atom is 0.273 e. The van der Waals surface area contributed by atoms with Crippen molar-refractivity contribution >= 4 is 5.91 Å². The molecule has 1 amide bonds. The number of rotatable bonds is 2. The van der Waals surface area contributed by atoms with Crippen LogP contribution in [0.5, 0.6) is 0 Å². The van der Waals surface area contributed by atoms with Crippen molar-refractivity contribution in [2.24, 2.45) is 0 Å². The van der Waals surface area contributed by atoms with E-state index < -0.39 is 0 Å². The normalized spacial score (nSPS) is 18.8. The molecule has 1 aliphatic rings. The zero-order valence-electron chi connectivity index (χ0n) is 12.2. The van der Waals surface area contributed by atoms with E-state index in [9.17, 15) is 4.79 Å². The van der Waals surface area contributed by atoms with E-state index in [-0.39, 0.29) is 11.9 Å². The highest BCUT2D eigenvalue weighted by molar-refractivity contribution is 5.92. The topological polar surface area (TPSA) is 71.1 Å². The molecule has 1 saturated heterocycles. The van der Waals surface area contributed by atoms with Crippen LogP contribution in [-0.4, -0.2) is 45.5 Å². The number of aromatic nitrogens is 3. The third-order valence-corrected chi connectivity index (χ3v) is 3.53. The summed E-state index contributed by atoms with van der Waals surface area (Å²) in [5.74, 6) is 0.675. The van der Waals surface area contributed by atoms with E-state index in [1.165, 1.54) is 0 Å². The minimum absolute atomic E-state index is 0.0824. The molecule has 21 heavy (non-hydrogen) atoms. The highest BCUT2D eigenvalue weighted by Crippen LogP contribution is 2.23. The van der Waals surface area contributed by atoms with Crippen molar-refractivity contribution < 1.29 is 9.53 Å². The molecule has 1 aliphatic heterocycles. The van der Waals surface area contributed by atoms with E-state index >= 15 is 0 Å². The lowest BCUT2D eigenvalue weighted by Gasteiger charge is -2.34. The van der Waals surface area contributed by atoms with Crippen molar-refractivity contribution in [3.63, 3.8) is 0 Å². The highest BCUT2D eigenvalue weighted by atomic mass is 16.5. The summed E-state index contributed by atoms with van der Waals surface area (Å²) in [7, 11) is 0. The molecule has 3 heterocycles. The smallest absolute Gasteiger partial charge is 0.273 e. The second kappa shape index (κ2) is 5.65. The first-order chi connectivity index (χ1) is 10.1. The number of ether oxygens (including phenoxy) is 1. The standard InChI is InChI=1S/C15H18N4O2/c1-10-4-3-5-12(17-10)15(20)19-6-7-21-9-13(19)14-16-8-11(2)18-14/h3-5,8,13H,6-7,9H2,1-2H3,(H,16,18)/t13-/m0/s1. The molecule has 6 nitrogen and oxygen atoms in total. The molecule has 2 aromatic heterocycles. The summed E-state index contributed by atoms with van der Waals surface area (Å²) in [5, 5.41) is 0. The predicted molar refractivity (Wildman–Crippen MR) is 76.9 cm³/mol. The molecule has 0 bridgehead atoms. The zero-order chi connectivity index (χ0) is 14.8. The Morgan fingerprint density at radius 3 is 3.00 bits per heavy atom. The summed E-state index contributed by atoms with van der Waals surface area (Å²) < 4.78 is 5.51. The molecule has 0 radical (unpaired) electrons. The Kier molecular flexibility index (Phi) is 3.70. The lowest BCUT2D eigenvalue weighted by atomic mass is 10.2. The van der Waals surface area contributed by atoms with Crippen LogP contribution in [0.4, 0.5) is 0 Å². The molecular weight excluding hydrogens is 268 g/mol. The van der Waals surface area contributed by atoms with Gasteiger partial charge in [0, 0.05) is 24.1 Å². The number of carbonyl (C=O) groups is 1. The SMILES string of the molecule is Cc1cccc(C(=O)N2CCOC[C@H]2c2ncc(C)[nH]2)n1. The minimum Gasteiger partial charge on any atom is -0.377 e. The fourth-order valence-corrected chi connectivity index (χ4v) is 2.48. The zero-order valence-corrected chi connectivity index (χ0v) is 12.2. The number of H-pyrrole nitrogens is 1. The first-order valence-corrected chi connectivity index (χ1v) is 6.99. The summed E-state index contributed by atoms with van der Waals surface area (Å²) in [5.41, 5.74) is 2.27. The highest BCUT2D eigenvalue weighted by Gasteiger charge is 2.31. The van der Waals surface area contributed by atoms with Crippen molar-refractivity contribution in [1.82, 2.24) is 19.9 Å². The van der Waals surface area contributed by atoms with E-state index in [1.54, 1.807) is 17.2 Å². The van der Waals surface area contributed by atoms with Crippen LogP contribution in [0, 0.1) is 13.8 Å². The van der Waals surface area contributed by atoms with Gasteiger partial charge in [-0.3, -0.25) is 4.79 Å². The van der Waals surface area contributed by atoms with Gasteiger partial charge in [0.05, 0.1) is 13.2 Å². The first-order valence-electron chi connectivity index (χ1n) is 6.99. The van der Waals surface area contributed by atoms with Crippen LogP contribution >= 0.6 is 0 Å². The summed E-state index contributed by atoms with van der Waals surface area (Å²) in [6.07, 6.45) is 1.76. The van der Waals surface area contributed by atoms with Crippen molar-refractivity contribution in [3.8, 4) is 0 Å². The predicted octanol–water partition coefficient (Wildman–Crippen LogP) is 1.64. The van der Waals surface area contributed by atoms with E-state index in [4.69, 9.17) is 4.74 Å². The van der Waals surface area contributed by atoms with Gasteiger partial charge < -0.3 is 14.6 Å². The van der Waals surface area contributed by atoms with Crippen LogP contribution in [0.15, 0.2) is 24.4 Å². The number of nitrogens with one attached hydrogen (secondary N) is 1. The van der Waals surface area contributed by atoms with Crippen molar-refractivity contribution in [1.29, 1.82) is 0 Å². The number of nitrogens with zero attached hydrogens (tertiary/aromatic N) is 3. The number of aryl methyl sites for hydroxylation is 2. The van der Waals surface area contributed by atoms with E-state index in [1.807, 2.05) is 26.0 Å². The molecule has 0 spiro atoms. The van der Waals surface area contributed by atoms with Gasteiger partial charge in [-0.25, -0.2) is 9.97 Å². The van der Waals surface area contributed by atoms with Crippen LogP contribution in [0.1, 0.15) is 33.7 Å². The Morgan fingerprint density at radius 2 is 2.29 bits per heavy atom. The number of imidazole rings is 1.